The summed E-state index contributed by atoms with van der Waals surface area (Å²) in [7, 11) is 0. The number of carbonyl (C=O) groups excluding carboxylic acids is 1. The Morgan fingerprint density at radius 3 is 2.30 bits per heavy atom. The molecule has 6 heteroatoms. The van der Waals surface area contributed by atoms with Crippen LogP contribution in [0, 0.1) is 0 Å². The number of hydrogen-bond acceptors (Lipinski definition) is 5. The predicted octanol–water partition coefficient (Wildman–Crippen LogP) is 4.56. The molecule has 3 aromatic rings. The van der Waals surface area contributed by atoms with E-state index in [1.807, 2.05) is 35.2 Å². The summed E-state index contributed by atoms with van der Waals surface area (Å²) in [5.41, 5.74) is 4.37. The first-order valence-corrected chi connectivity index (χ1v) is 11.7. The van der Waals surface area contributed by atoms with Gasteiger partial charge in [0.25, 0.3) is 5.91 Å². The minimum absolute atomic E-state index is 0.0187. The maximum atomic E-state index is 12.7. The van der Waals surface area contributed by atoms with Crippen LogP contribution >= 0.6 is 0 Å². The average molecular weight is 445 g/mol. The maximum absolute atomic E-state index is 12.7. The van der Waals surface area contributed by atoms with Crippen molar-refractivity contribution in [2.45, 2.75) is 33.1 Å². The Kier molecular flexibility index (Phi) is 7.23. The van der Waals surface area contributed by atoms with Crippen molar-refractivity contribution in [2.75, 3.05) is 37.7 Å². The fraction of sp³-hybridized carbons (Fsp3) is 0.370. The summed E-state index contributed by atoms with van der Waals surface area (Å²) in [5.74, 6) is 2.01. The second kappa shape index (κ2) is 10.5. The molecule has 0 spiro atoms. The molecule has 4 rings (SSSR count). The highest BCUT2D eigenvalue weighted by atomic mass is 16.5. The Labute approximate surface area is 196 Å². The molecule has 0 atom stereocenters. The molecule has 2 heterocycles. The summed E-state index contributed by atoms with van der Waals surface area (Å²) < 4.78 is 5.87. The second-order valence-electron chi connectivity index (χ2n) is 8.68. The average Bonchev–Trinajstić information content (AvgIpc) is 2.87. The lowest BCUT2D eigenvalue weighted by Crippen LogP contribution is -2.50. The molecule has 1 aliphatic heterocycles. The largest absolute Gasteiger partial charge is 0.483 e. The van der Waals surface area contributed by atoms with E-state index in [9.17, 15) is 4.79 Å². The summed E-state index contributed by atoms with van der Waals surface area (Å²) in [6, 6.07) is 20.4. The first-order valence-electron chi connectivity index (χ1n) is 11.7. The minimum Gasteiger partial charge on any atom is -0.483 e. The molecule has 1 fully saturated rings. The summed E-state index contributed by atoms with van der Waals surface area (Å²) in [4.78, 5) is 16.7. The topological polar surface area (TPSA) is 58.6 Å². The van der Waals surface area contributed by atoms with Crippen molar-refractivity contribution in [3.05, 3.63) is 71.8 Å². The van der Waals surface area contributed by atoms with Gasteiger partial charge in [0.15, 0.2) is 12.4 Å². The number of carbonyl (C=O) groups is 1. The Morgan fingerprint density at radius 1 is 0.939 bits per heavy atom. The van der Waals surface area contributed by atoms with Crippen molar-refractivity contribution in [1.29, 1.82) is 0 Å². The van der Waals surface area contributed by atoms with Gasteiger partial charge in [-0.15, -0.1) is 10.2 Å². The third-order valence-electron chi connectivity index (χ3n) is 6.16. The summed E-state index contributed by atoms with van der Waals surface area (Å²) in [6.07, 6.45) is 1.02. The Hall–Kier alpha value is -3.41. The van der Waals surface area contributed by atoms with Crippen LogP contribution in [0.5, 0.6) is 5.75 Å². The zero-order valence-corrected chi connectivity index (χ0v) is 19.7. The number of amides is 1. The van der Waals surface area contributed by atoms with Gasteiger partial charge in [0, 0.05) is 31.7 Å². The first-order chi connectivity index (χ1) is 16.0. The summed E-state index contributed by atoms with van der Waals surface area (Å²) >= 11 is 0. The van der Waals surface area contributed by atoms with Crippen molar-refractivity contribution < 1.29 is 9.53 Å². The van der Waals surface area contributed by atoms with Crippen LogP contribution < -0.4 is 9.64 Å². The molecule has 1 saturated heterocycles. The highest BCUT2D eigenvalue weighted by Crippen LogP contribution is 2.26. The molecule has 0 bridgehead atoms. The van der Waals surface area contributed by atoms with Gasteiger partial charge in [-0.1, -0.05) is 63.2 Å². The number of benzene rings is 2. The normalized spacial score (nSPS) is 13.9. The van der Waals surface area contributed by atoms with Crippen molar-refractivity contribution in [2.24, 2.45) is 0 Å². The smallest absolute Gasteiger partial charge is 0.260 e. The number of aryl methyl sites for hydroxylation is 1. The monoisotopic (exact) mass is 444 g/mol. The van der Waals surface area contributed by atoms with Gasteiger partial charge in [0.05, 0.1) is 5.69 Å². The molecule has 0 unspecified atom stereocenters. The van der Waals surface area contributed by atoms with Gasteiger partial charge in [-0.2, -0.15) is 0 Å². The van der Waals surface area contributed by atoms with Gasteiger partial charge >= 0.3 is 0 Å². The van der Waals surface area contributed by atoms with E-state index in [4.69, 9.17) is 4.74 Å². The zero-order chi connectivity index (χ0) is 23.2. The van der Waals surface area contributed by atoms with Crippen LogP contribution in [-0.2, 0) is 11.2 Å². The maximum Gasteiger partial charge on any atom is 0.260 e. The van der Waals surface area contributed by atoms with Crippen LogP contribution in [-0.4, -0.2) is 53.8 Å². The highest BCUT2D eigenvalue weighted by Gasteiger charge is 2.23. The number of anilines is 1. The number of hydrogen-bond donors (Lipinski definition) is 0. The lowest BCUT2D eigenvalue weighted by molar-refractivity contribution is -0.133. The van der Waals surface area contributed by atoms with Crippen LogP contribution in [0.3, 0.4) is 0 Å². The van der Waals surface area contributed by atoms with Crippen LogP contribution in [0.25, 0.3) is 11.3 Å². The number of aromatic nitrogens is 2. The Morgan fingerprint density at radius 2 is 1.67 bits per heavy atom. The van der Waals surface area contributed by atoms with E-state index < -0.39 is 0 Å². The van der Waals surface area contributed by atoms with Gasteiger partial charge in [0.1, 0.15) is 5.75 Å². The number of rotatable bonds is 7. The first kappa shape index (κ1) is 22.8. The quantitative estimate of drug-likeness (QED) is 0.535. The van der Waals surface area contributed by atoms with E-state index in [-0.39, 0.29) is 12.5 Å². The second-order valence-corrected chi connectivity index (χ2v) is 8.68. The van der Waals surface area contributed by atoms with E-state index in [2.05, 4.69) is 66.2 Å². The molecule has 1 amide bonds. The number of piperazine rings is 1. The lowest BCUT2D eigenvalue weighted by Gasteiger charge is -2.35. The minimum atomic E-state index is 0.0187. The highest BCUT2D eigenvalue weighted by molar-refractivity contribution is 5.78. The molecule has 2 aromatic carbocycles. The lowest BCUT2D eigenvalue weighted by atomic mass is 10.0. The van der Waals surface area contributed by atoms with Crippen molar-refractivity contribution in [1.82, 2.24) is 15.1 Å². The Balaban J connectivity index is 1.30. The van der Waals surface area contributed by atoms with E-state index in [1.165, 1.54) is 5.56 Å². The standard InChI is InChI=1S/C27H32N4O2/c1-4-21-9-11-22(12-10-21)24-13-14-26(29-28-24)30-15-17-31(18-16-30)27(32)19-33-25-8-6-5-7-23(25)20(2)3/h5-14,20H,4,15-19H2,1-3H3. The van der Waals surface area contributed by atoms with E-state index in [0.29, 0.717) is 19.0 Å². The number of nitrogens with zero attached hydrogens (tertiary/aromatic N) is 4. The molecule has 33 heavy (non-hydrogen) atoms. The molecule has 0 N–H and O–H groups in total. The van der Waals surface area contributed by atoms with E-state index >= 15 is 0 Å². The molecule has 1 aliphatic rings. The van der Waals surface area contributed by atoms with Crippen LogP contribution in [0.15, 0.2) is 60.7 Å². The SMILES string of the molecule is CCc1ccc(-c2ccc(N3CCN(C(=O)COc4ccccc4C(C)C)CC3)nn2)cc1. The van der Waals surface area contributed by atoms with E-state index in [1.54, 1.807) is 0 Å². The summed E-state index contributed by atoms with van der Waals surface area (Å²) in [6.45, 7) is 9.22. The number of para-hydroxylation sites is 1. The van der Waals surface area contributed by atoms with Gasteiger partial charge in [-0.05, 0) is 41.7 Å². The van der Waals surface area contributed by atoms with Gasteiger partial charge < -0.3 is 14.5 Å². The van der Waals surface area contributed by atoms with Gasteiger partial charge in [-0.3, -0.25) is 4.79 Å². The molecule has 1 aromatic heterocycles. The molecule has 6 nitrogen and oxygen atoms in total. The fourth-order valence-electron chi connectivity index (χ4n) is 4.06. The van der Waals surface area contributed by atoms with Crippen molar-refractivity contribution >= 4 is 11.7 Å². The van der Waals surface area contributed by atoms with Gasteiger partial charge in [0.2, 0.25) is 0 Å². The summed E-state index contributed by atoms with van der Waals surface area (Å²) in [5, 5.41) is 8.87. The van der Waals surface area contributed by atoms with E-state index in [0.717, 1.165) is 47.9 Å². The fourth-order valence-corrected chi connectivity index (χ4v) is 4.06. The molecular formula is C27H32N4O2. The molecular weight excluding hydrogens is 412 g/mol. The Bertz CT molecular complexity index is 1060. The van der Waals surface area contributed by atoms with Crippen LogP contribution in [0.1, 0.15) is 37.8 Å². The molecule has 0 radical (unpaired) electrons. The van der Waals surface area contributed by atoms with Crippen molar-refractivity contribution in [3.63, 3.8) is 0 Å². The zero-order valence-electron chi connectivity index (χ0n) is 19.7. The molecule has 0 aliphatic carbocycles. The third-order valence-corrected chi connectivity index (χ3v) is 6.16. The van der Waals surface area contributed by atoms with Crippen LogP contribution in [0.4, 0.5) is 5.82 Å². The van der Waals surface area contributed by atoms with Crippen molar-refractivity contribution in [3.8, 4) is 17.0 Å². The van der Waals surface area contributed by atoms with Gasteiger partial charge in [-0.25, -0.2) is 0 Å². The third kappa shape index (κ3) is 5.51. The number of ether oxygens (including phenoxy) is 1. The predicted molar refractivity (Wildman–Crippen MR) is 132 cm³/mol. The molecule has 0 saturated carbocycles. The van der Waals surface area contributed by atoms with Crippen LogP contribution in [0.2, 0.25) is 0 Å². The molecule has 172 valence electrons.